The van der Waals surface area contributed by atoms with Crippen LogP contribution in [0, 0.1) is 11.6 Å². The fourth-order valence-corrected chi connectivity index (χ4v) is 4.25. The minimum atomic E-state index is -0.913. The SMILES string of the molecule is CO/C(N)=C/C=C(\N)n1c(=O)c2c(CN(C)C)c(-c3ccc(N)cc3)cn2n(Cc2c(F)cccc2F)c1=O. The zero-order chi connectivity index (χ0) is 28.4. The van der Waals surface area contributed by atoms with Crippen molar-refractivity contribution in [1.82, 2.24) is 18.7 Å². The van der Waals surface area contributed by atoms with Crippen molar-refractivity contribution in [1.29, 1.82) is 0 Å². The van der Waals surface area contributed by atoms with Gasteiger partial charge in [-0.2, -0.15) is 0 Å². The van der Waals surface area contributed by atoms with Gasteiger partial charge in [-0.3, -0.25) is 9.31 Å². The van der Waals surface area contributed by atoms with Crippen LogP contribution in [0.3, 0.4) is 0 Å². The Morgan fingerprint density at radius 1 is 1.00 bits per heavy atom. The Balaban J connectivity index is 2.13. The zero-order valence-electron chi connectivity index (χ0n) is 21.7. The van der Waals surface area contributed by atoms with Gasteiger partial charge in [0.1, 0.15) is 23.0 Å². The summed E-state index contributed by atoms with van der Waals surface area (Å²) in [6.07, 6.45) is 4.11. The van der Waals surface area contributed by atoms with Crippen molar-refractivity contribution in [3.8, 4) is 11.1 Å². The lowest BCUT2D eigenvalue weighted by Crippen LogP contribution is -2.44. The van der Waals surface area contributed by atoms with Crippen LogP contribution < -0.4 is 28.5 Å². The number of hydrogen-bond acceptors (Lipinski definition) is 7. The van der Waals surface area contributed by atoms with Crippen LogP contribution in [0.1, 0.15) is 11.1 Å². The minimum absolute atomic E-state index is 0.0116. The van der Waals surface area contributed by atoms with Crippen LogP contribution >= 0.6 is 0 Å². The Morgan fingerprint density at radius 3 is 2.23 bits per heavy atom. The van der Waals surface area contributed by atoms with Crippen LogP contribution in [0.25, 0.3) is 22.5 Å². The number of ether oxygens (including phenoxy) is 1. The van der Waals surface area contributed by atoms with Crippen LogP contribution in [0.4, 0.5) is 14.5 Å². The number of hydrogen-bond donors (Lipinski definition) is 3. The molecule has 6 N–H and O–H groups in total. The van der Waals surface area contributed by atoms with Crippen molar-refractivity contribution in [3.63, 3.8) is 0 Å². The summed E-state index contributed by atoms with van der Waals surface area (Å²) in [5, 5.41) is 0. The molecule has 4 rings (SSSR count). The van der Waals surface area contributed by atoms with Gasteiger partial charge in [0.2, 0.25) is 0 Å². The second kappa shape index (κ2) is 10.9. The molecule has 204 valence electrons. The molecule has 0 radical (unpaired) electrons. The molecule has 0 spiro atoms. The van der Waals surface area contributed by atoms with Gasteiger partial charge in [-0.05, 0) is 50.0 Å². The number of aromatic nitrogens is 3. The molecule has 0 atom stereocenters. The van der Waals surface area contributed by atoms with Crippen molar-refractivity contribution in [2.45, 2.75) is 13.1 Å². The monoisotopic (exact) mass is 537 g/mol. The van der Waals surface area contributed by atoms with Crippen molar-refractivity contribution >= 4 is 17.0 Å². The number of methoxy groups -OCH3 is 1. The molecular formula is C27H29F2N7O3. The summed E-state index contributed by atoms with van der Waals surface area (Å²) in [6.45, 7) is -0.216. The fraction of sp³-hybridized carbons (Fsp3) is 0.185. The topological polar surface area (TPSA) is 139 Å². The van der Waals surface area contributed by atoms with Crippen molar-refractivity contribution in [2.75, 3.05) is 26.9 Å². The van der Waals surface area contributed by atoms with Gasteiger partial charge in [-0.25, -0.2) is 22.8 Å². The summed E-state index contributed by atoms with van der Waals surface area (Å²) < 4.78 is 37.4. The Hall–Kier alpha value is -4.84. The predicted octanol–water partition coefficient (Wildman–Crippen LogP) is 2.10. The lowest BCUT2D eigenvalue weighted by molar-refractivity contribution is 0.287. The number of nitrogen functional groups attached to an aromatic ring is 1. The van der Waals surface area contributed by atoms with E-state index < -0.39 is 29.4 Å². The van der Waals surface area contributed by atoms with Crippen LogP contribution in [0.15, 0.2) is 76.3 Å². The molecule has 10 nitrogen and oxygen atoms in total. The Kier molecular flexibility index (Phi) is 7.58. The quantitative estimate of drug-likeness (QED) is 0.178. The largest absolute Gasteiger partial charge is 0.483 e. The number of nitrogens with two attached hydrogens (primary N) is 3. The number of nitrogens with zero attached hydrogens (tertiary/aromatic N) is 4. The number of allylic oxidation sites excluding steroid dienone is 2. The molecule has 4 aromatic rings. The molecule has 2 aromatic heterocycles. The highest BCUT2D eigenvalue weighted by molar-refractivity contribution is 5.77. The standard InChI is InChI=1S/C27H29F2N7O3/c1-33(2)13-19-18(16-7-9-17(30)10-8-16)14-34-25(19)26(37)36(23(31)11-12-24(32)39-3)27(38)35(34)15-20-21(28)5-4-6-22(20)29/h4-12,14H,13,15,30-32H2,1-3H3/b23-11+,24-12+. The molecule has 0 aliphatic rings. The van der Waals surface area contributed by atoms with Crippen molar-refractivity contribution in [3.05, 3.63) is 110 Å². The molecule has 39 heavy (non-hydrogen) atoms. The molecule has 2 heterocycles. The molecule has 0 aliphatic heterocycles. The molecule has 0 saturated heterocycles. The second-order valence-corrected chi connectivity index (χ2v) is 9.12. The summed E-state index contributed by atoms with van der Waals surface area (Å²) in [6, 6.07) is 10.4. The van der Waals surface area contributed by atoms with E-state index >= 15 is 0 Å². The predicted molar refractivity (Wildman–Crippen MR) is 146 cm³/mol. The summed E-state index contributed by atoms with van der Waals surface area (Å²) in [5.74, 6) is -1.96. The third-order valence-electron chi connectivity index (χ3n) is 6.15. The maximum absolute atomic E-state index is 14.7. The number of halogens is 2. The second-order valence-electron chi connectivity index (χ2n) is 9.12. The van der Waals surface area contributed by atoms with Gasteiger partial charge in [0.15, 0.2) is 5.88 Å². The van der Waals surface area contributed by atoms with Gasteiger partial charge < -0.3 is 26.8 Å². The minimum Gasteiger partial charge on any atom is -0.483 e. The number of benzene rings is 2. The average molecular weight is 538 g/mol. The van der Waals surface area contributed by atoms with E-state index in [-0.39, 0.29) is 22.8 Å². The molecule has 0 aliphatic carbocycles. The first kappa shape index (κ1) is 27.2. The van der Waals surface area contributed by atoms with Gasteiger partial charge in [0, 0.05) is 41.2 Å². The molecule has 0 bridgehead atoms. The zero-order valence-corrected chi connectivity index (χ0v) is 21.7. The third-order valence-corrected chi connectivity index (χ3v) is 6.15. The van der Waals surface area contributed by atoms with E-state index in [4.69, 9.17) is 21.9 Å². The highest BCUT2D eigenvalue weighted by atomic mass is 19.1. The van der Waals surface area contributed by atoms with Crippen molar-refractivity contribution < 1.29 is 13.5 Å². The maximum Gasteiger partial charge on any atom is 0.352 e. The highest BCUT2D eigenvalue weighted by Gasteiger charge is 2.24. The lowest BCUT2D eigenvalue weighted by atomic mass is 10.0. The molecular weight excluding hydrogens is 508 g/mol. The van der Waals surface area contributed by atoms with E-state index in [1.165, 1.54) is 29.8 Å². The Labute approximate surface area is 222 Å². The van der Waals surface area contributed by atoms with Crippen molar-refractivity contribution in [2.24, 2.45) is 11.5 Å². The van der Waals surface area contributed by atoms with E-state index in [9.17, 15) is 18.4 Å². The molecule has 0 unspecified atom stereocenters. The van der Waals surface area contributed by atoms with E-state index in [1.54, 1.807) is 30.5 Å². The van der Waals surface area contributed by atoms with Gasteiger partial charge in [0.25, 0.3) is 5.56 Å². The van der Waals surface area contributed by atoms with Crippen LogP contribution in [-0.2, 0) is 17.8 Å². The Morgan fingerprint density at radius 2 is 1.64 bits per heavy atom. The molecule has 0 amide bonds. The summed E-state index contributed by atoms with van der Waals surface area (Å²) in [5.41, 5.74) is 18.3. The van der Waals surface area contributed by atoms with E-state index in [0.717, 1.165) is 26.9 Å². The van der Waals surface area contributed by atoms with Crippen LogP contribution in [0.5, 0.6) is 0 Å². The fourth-order valence-electron chi connectivity index (χ4n) is 4.25. The molecule has 0 saturated carbocycles. The first-order valence-electron chi connectivity index (χ1n) is 11.8. The first-order valence-corrected chi connectivity index (χ1v) is 11.8. The summed E-state index contributed by atoms with van der Waals surface area (Å²) in [4.78, 5) is 29.5. The number of fused-ring (bicyclic) bond motifs is 1. The molecule has 12 heteroatoms. The average Bonchev–Trinajstić information content (AvgIpc) is 3.25. The Bertz CT molecular complexity index is 1690. The van der Waals surface area contributed by atoms with E-state index in [1.807, 2.05) is 19.0 Å². The van der Waals surface area contributed by atoms with E-state index in [2.05, 4.69) is 0 Å². The van der Waals surface area contributed by atoms with Gasteiger partial charge in [-0.1, -0.05) is 18.2 Å². The summed E-state index contributed by atoms with van der Waals surface area (Å²) >= 11 is 0. The van der Waals surface area contributed by atoms with Gasteiger partial charge in [-0.15, -0.1) is 0 Å². The lowest BCUT2D eigenvalue weighted by Gasteiger charge is -2.16. The van der Waals surface area contributed by atoms with Gasteiger partial charge >= 0.3 is 5.69 Å². The first-order chi connectivity index (χ1) is 18.5. The smallest absolute Gasteiger partial charge is 0.352 e. The maximum atomic E-state index is 14.7. The summed E-state index contributed by atoms with van der Waals surface area (Å²) in [7, 11) is 5.00. The normalized spacial score (nSPS) is 12.5. The number of rotatable bonds is 8. The molecule has 0 fully saturated rings. The van der Waals surface area contributed by atoms with E-state index in [0.29, 0.717) is 23.4 Å². The highest BCUT2D eigenvalue weighted by Crippen LogP contribution is 2.29. The number of anilines is 1. The van der Waals surface area contributed by atoms with Crippen LogP contribution in [0.2, 0.25) is 0 Å². The third kappa shape index (κ3) is 5.27. The van der Waals surface area contributed by atoms with Crippen LogP contribution in [-0.4, -0.2) is 39.9 Å². The van der Waals surface area contributed by atoms with Gasteiger partial charge in [0.05, 0.1) is 13.7 Å². The molecule has 2 aromatic carbocycles.